The van der Waals surface area contributed by atoms with Crippen molar-refractivity contribution in [1.29, 1.82) is 0 Å². The number of ether oxygens (including phenoxy) is 1. The number of carbonyl (C=O) groups is 2. The zero-order valence-corrected chi connectivity index (χ0v) is 13.0. The summed E-state index contributed by atoms with van der Waals surface area (Å²) >= 11 is 0. The predicted octanol–water partition coefficient (Wildman–Crippen LogP) is 2.06. The van der Waals surface area contributed by atoms with Crippen LogP contribution in [0.15, 0.2) is 24.3 Å². The van der Waals surface area contributed by atoms with E-state index in [0.717, 1.165) is 6.42 Å². The van der Waals surface area contributed by atoms with Crippen LogP contribution in [0.1, 0.15) is 30.4 Å². The van der Waals surface area contributed by atoms with Crippen LogP contribution in [0.4, 0.5) is 4.79 Å². The van der Waals surface area contributed by atoms with Gasteiger partial charge in [-0.25, -0.2) is 4.79 Å². The molecule has 2 fully saturated rings. The molecule has 118 valence electrons. The van der Waals surface area contributed by atoms with Gasteiger partial charge in [0, 0.05) is 18.5 Å². The van der Waals surface area contributed by atoms with Gasteiger partial charge in [0.2, 0.25) is 5.91 Å². The summed E-state index contributed by atoms with van der Waals surface area (Å²) in [6, 6.07) is 8.18. The lowest BCUT2D eigenvalue weighted by Gasteiger charge is -2.19. The van der Waals surface area contributed by atoms with Crippen molar-refractivity contribution in [2.75, 3.05) is 19.7 Å². The lowest BCUT2D eigenvalue weighted by Crippen LogP contribution is -2.43. The minimum Gasteiger partial charge on any atom is -0.448 e. The van der Waals surface area contributed by atoms with Gasteiger partial charge in [0.1, 0.15) is 6.61 Å². The van der Waals surface area contributed by atoms with Gasteiger partial charge < -0.3 is 15.0 Å². The molecule has 1 aromatic carbocycles. The van der Waals surface area contributed by atoms with Crippen molar-refractivity contribution in [1.82, 2.24) is 10.2 Å². The van der Waals surface area contributed by atoms with Gasteiger partial charge in [0.25, 0.3) is 0 Å². The maximum absolute atomic E-state index is 12.3. The summed E-state index contributed by atoms with van der Waals surface area (Å²) in [7, 11) is 0. The second-order valence-electron chi connectivity index (χ2n) is 6.28. The molecule has 0 bridgehead atoms. The van der Waals surface area contributed by atoms with E-state index in [-0.39, 0.29) is 24.0 Å². The first kappa shape index (κ1) is 14.9. The molecule has 2 aliphatic rings. The Morgan fingerprint density at radius 1 is 1.45 bits per heavy atom. The number of hydrogen-bond donors (Lipinski definition) is 1. The zero-order valence-electron chi connectivity index (χ0n) is 13.0. The minimum absolute atomic E-state index is 0.0590. The Morgan fingerprint density at radius 2 is 2.23 bits per heavy atom. The maximum atomic E-state index is 12.3. The van der Waals surface area contributed by atoms with Crippen LogP contribution in [0.25, 0.3) is 0 Å². The maximum Gasteiger partial charge on any atom is 0.410 e. The quantitative estimate of drug-likeness (QED) is 0.905. The predicted molar refractivity (Wildman–Crippen MR) is 82.6 cm³/mol. The fraction of sp³-hybridized carbons (Fsp3) is 0.529. The Morgan fingerprint density at radius 3 is 2.91 bits per heavy atom. The fourth-order valence-corrected chi connectivity index (χ4v) is 3.15. The largest absolute Gasteiger partial charge is 0.448 e. The second kappa shape index (κ2) is 5.99. The standard InChI is InChI=1S/C17H22N2O3/c1-11-5-3-4-6-13(11)14-9-15(14)16(20)18-12(2)10-19-7-8-22-17(19)21/h3-6,12,14-15H,7-10H2,1-2H3,(H,18,20)/t12-,14+,15-/m1/s1. The summed E-state index contributed by atoms with van der Waals surface area (Å²) in [6.45, 7) is 5.57. The lowest BCUT2D eigenvalue weighted by atomic mass is 10.0. The number of benzene rings is 1. The van der Waals surface area contributed by atoms with Gasteiger partial charge in [-0.3, -0.25) is 4.79 Å². The Hall–Kier alpha value is -2.04. The number of amides is 2. The first-order chi connectivity index (χ1) is 10.6. The molecule has 0 spiro atoms. The fourth-order valence-electron chi connectivity index (χ4n) is 3.15. The molecule has 1 aliphatic heterocycles. The summed E-state index contributed by atoms with van der Waals surface area (Å²) < 4.78 is 4.89. The van der Waals surface area contributed by atoms with Crippen molar-refractivity contribution in [3.8, 4) is 0 Å². The molecule has 1 saturated carbocycles. The molecular formula is C17H22N2O3. The smallest absolute Gasteiger partial charge is 0.410 e. The first-order valence-electron chi connectivity index (χ1n) is 7.84. The van der Waals surface area contributed by atoms with E-state index in [1.165, 1.54) is 11.1 Å². The number of nitrogens with one attached hydrogen (secondary N) is 1. The van der Waals surface area contributed by atoms with Crippen LogP contribution in [-0.4, -0.2) is 42.6 Å². The highest BCUT2D eigenvalue weighted by atomic mass is 16.6. The molecule has 3 atom stereocenters. The molecule has 0 unspecified atom stereocenters. The van der Waals surface area contributed by atoms with Crippen LogP contribution < -0.4 is 5.32 Å². The van der Waals surface area contributed by atoms with Gasteiger partial charge in [-0.15, -0.1) is 0 Å². The Balaban J connectivity index is 1.51. The van der Waals surface area contributed by atoms with Crippen molar-refractivity contribution in [2.45, 2.75) is 32.2 Å². The number of aryl methyl sites for hydroxylation is 1. The van der Waals surface area contributed by atoms with Gasteiger partial charge in [0.15, 0.2) is 0 Å². The van der Waals surface area contributed by atoms with Crippen molar-refractivity contribution < 1.29 is 14.3 Å². The van der Waals surface area contributed by atoms with E-state index in [4.69, 9.17) is 4.74 Å². The number of nitrogens with zero attached hydrogens (tertiary/aromatic N) is 1. The van der Waals surface area contributed by atoms with E-state index >= 15 is 0 Å². The van der Waals surface area contributed by atoms with Crippen LogP contribution in [0, 0.1) is 12.8 Å². The molecule has 1 aromatic rings. The minimum atomic E-state index is -0.287. The first-order valence-corrected chi connectivity index (χ1v) is 7.84. The third kappa shape index (κ3) is 3.08. The molecule has 2 amide bonds. The highest BCUT2D eigenvalue weighted by Crippen LogP contribution is 2.48. The van der Waals surface area contributed by atoms with Gasteiger partial charge >= 0.3 is 6.09 Å². The second-order valence-corrected chi connectivity index (χ2v) is 6.28. The summed E-state index contributed by atoms with van der Waals surface area (Å²) in [4.78, 5) is 25.4. The topological polar surface area (TPSA) is 58.6 Å². The summed E-state index contributed by atoms with van der Waals surface area (Å²) in [5.74, 6) is 0.493. The number of rotatable bonds is 5. The molecule has 3 rings (SSSR count). The monoisotopic (exact) mass is 302 g/mol. The molecule has 1 aliphatic carbocycles. The van der Waals surface area contributed by atoms with Crippen molar-refractivity contribution in [3.63, 3.8) is 0 Å². The molecule has 1 heterocycles. The van der Waals surface area contributed by atoms with E-state index in [1.807, 2.05) is 19.1 Å². The van der Waals surface area contributed by atoms with E-state index in [0.29, 0.717) is 25.6 Å². The van der Waals surface area contributed by atoms with Crippen molar-refractivity contribution >= 4 is 12.0 Å². The summed E-state index contributed by atoms with van der Waals surface area (Å²) in [6.07, 6.45) is 0.625. The third-order valence-electron chi connectivity index (χ3n) is 4.44. The SMILES string of the molecule is Cc1ccccc1[C@@H]1C[C@H]1C(=O)N[C@H](C)CN1CCOC1=O. The molecule has 1 saturated heterocycles. The Labute approximate surface area is 130 Å². The van der Waals surface area contributed by atoms with E-state index in [1.54, 1.807) is 4.90 Å². The molecule has 22 heavy (non-hydrogen) atoms. The normalized spacial score (nSPS) is 24.8. The number of hydrogen-bond acceptors (Lipinski definition) is 3. The van der Waals surface area contributed by atoms with Gasteiger partial charge in [-0.1, -0.05) is 24.3 Å². The number of cyclic esters (lactones) is 1. The molecule has 0 radical (unpaired) electrons. The third-order valence-corrected chi connectivity index (χ3v) is 4.44. The Bertz CT molecular complexity index is 587. The molecule has 0 aromatic heterocycles. The zero-order chi connectivity index (χ0) is 15.7. The molecular weight excluding hydrogens is 280 g/mol. The highest BCUT2D eigenvalue weighted by molar-refractivity contribution is 5.83. The van der Waals surface area contributed by atoms with Crippen LogP contribution in [0.5, 0.6) is 0 Å². The average Bonchev–Trinajstić information content (AvgIpc) is 3.18. The van der Waals surface area contributed by atoms with Gasteiger partial charge in [0.05, 0.1) is 6.54 Å². The highest BCUT2D eigenvalue weighted by Gasteiger charge is 2.44. The van der Waals surface area contributed by atoms with Crippen LogP contribution >= 0.6 is 0 Å². The summed E-state index contributed by atoms with van der Waals surface area (Å²) in [5.41, 5.74) is 2.52. The molecule has 5 nitrogen and oxygen atoms in total. The Kier molecular flexibility index (Phi) is 4.05. The average molecular weight is 302 g/mol. The molecule has 5 heteroatoms. The van der Waals surface area contributed by atoms with Crippen molar-refractivity contribution in [3.05, 3.63) is 35.4 Å². The summed E-state index contributed by atoms with van der Waals surface area (Å²) in [5, 5.41) is 3.02. The number of carbonyl (C=O) groups excluding carboxylic acids is 2. The van der Waals surface area contributed by atoms with Crippen molar-refractivity contribution in [2.24, 2.45) is 5.92 Å². The van der Waals surface area contributed by atoms with E-state index in [2.05, 4.69) is 24.4 Å². The van der Waals surface area contributed by atoms with Crippen LogP contribution in [0.3, 0.4) is 0 Å². The van der Waals surface area contributed by atoms with Crippen LogP contribution in [0.2, 0.25) is 0 Å². The van der Waals surface area contributed by atoms with Crippen LogP contribution in [-0.2, 0) is 9.53 Å². The molecule has 1 N–H and O–H groups in total. The van der Waals surface area contributed by atoms with E-state index in [9.17, 15) is 9.59 Å². The van der Waals surface area contributed by atoms with Gasteiger partial charge in [-0.05, 0) is 37.3 Å². The van der Waals surface area contributed by atoms with Gasteiger partial charge in [-0.2, -0.15) is 0 Å². The van der Waals surface area contributed by atoms with E-state index < -0.39 is 0 Å². The lowest BCUT2D eigenvalue weighted by molar-refractivity contribution is -0.123.